The fourth-order valence-electron chi connectivity index (χ4n) is 3.31. The van der Waals surface area contributed by atoms with Crippen LogP contribution < -0.4 is 10.1 Å². The first-order valence-corrected chi connectivity index (χ1v) is 8.50. The van der Waals surface area contributed by atoms with Gasteiger partial charge in [-0.25, -0.2) is 0 Å². The summed E-state index contributed by atoms with van der Waals surface area (Å²) in [6.45, 7) is 5.13. The van der Waals surface area contributed by atoms with E-state index >= 15 is 0 Å². The molecule has 2 fully saturated rings. The number of rotatable bonds is 4. The van der Waals surface area contributed by atoms with E-state index in [4.69, 9.17) is 21.1 Å². The summed E-state index contributed by atoms with van der Waals surface area (Å²) in [7, 11) is 1.83. The third-order valence-electron chi connectivity index (χ3n) is 4.58. The molecule has 1 atom stereocenters. The lowest BCUT2D eigenvalue weighted by molar-refractivity contribution is 0.156. The van der Waals surface area contributed by atoms with Crippen LogP contribution in [0.5, 0.6) is 5.75 Å². The molecule has 2 saturated heterocycles. The highest BCUT2D eigenvalue weighted by Gasteiger charge is 2.42. The van der Waals surface area contributed by atoms with Crippen molar-refractivity contribution >= 4 is 17.6 Å². The van der Waals surface area contributed by atoms with Crippen LogP contribution in [0.25, 0.3) is 0 Å². The molecule has 0 aromatic heterocycles. The zero-order chi connectivity index (χ0) is 16.1. The van der Waals surface area contributed by atoms with Crippen LogP contribution in [0.1, 0.15) is 12.8 Å². The van der Waals surface area contributed by atoms with Gasteiger partial charge in [0.15, 0.2) is 5.96 Å². The predicted octanol–water partition coefficient (Wildman–Crippen LogP) is 2.41. The average Bonchev–Trinajstić information content (AvgIpc) is 3.18. The van der Waals surface area contributed by atoms with E-state index in [0.717, 1.165) is 38.0 Å². The number of ether oxygens (including phenoxy) is 2. The van der Waals surface area contributed by atoms with E-state index in [9.17, 15) is 0 Å². The summed E-state index contributed by atoms with van der Waals surface area (Å²) in [6, 6.07) is 7.45. The summed E-state index contributed by atoms with van der Waals surface area (Å²) in [5.74, 6) is 1.74. The van der Waals surface area contributed by atoms with Gasteiger partial charge >= 0.3 is 0 Å². The molecule has 0 aliphatic carbocycles. The van der Waals surface area contributed by atoms with Crippen LogP contribution in [-0.4, -0.2) is 57.4 Å². The van der Waals surface area contributed by atoms with Crippen LogP contribution in [0.3, 0.4) is 0 Å². The molecule has 0 radical (unpaired) electrons. The molecule has 1 spiro atoms. The first kappa shape index (κ1) is 16.4. The Bertz CT molecular complexity index is 559. The molecule has 1 aromatic rings. The van der Waals surface area contributed by atoms with Gasteiger partial charge in [0.25, 0.3) is 0 Å². The van der Waals surface area contributed by atoms with Crippen molar-refractivity contribution in [3.8, 4) is 5.75 Å². The molecular weight excluding hydrogens is 314 g/mol. The van der Waals surface area contributed by atoms with Gasteiger partial charge in [-0.1, -0.05) is 17.7 Å². The van der Waals surface area contributed by atoms with E-state index in [1.165, 1.54) is 12.8 Å². The number of likely N-dealkylation sites (tertiary alicyclic amines) is 1. The predicted molar refractivity (Wildman–Crippen MR) is 92.4 cm³/mol. The Hall–Kier alpha value is -1.46. The van der Waals surface area contributed by atoms with Gasteiger partial charge in [-0.2, -0.15) is 0 Å². The Morgan fingerprint density at radius 1 is 1.48 bits per heavy atom. The molecule has 2 aliphatic rings. The molecule has 6 heteroatoms. The molecule has 5 nitrogen and oxygen atoms in total. The number of benzene rings is 1. The van der Waals surface area contributed by atoms with E-state index in [1.807, 2.05) is 31.3 Å². The number of nitrogens with one attached hydrogen (secondary N) is 1. The summed E-state index contributed by atoms with van der Waals surface area (Å²) in [6.07, 6.45) is 2.35. The molecule has 126 valence electrons. The molecule has 23 heavy (non-hydrogen) atoms. The Kier molecular flexibility index (Phi) is 5.28. The van der Waals surface area contributed by atoms with Gasteiger partial charge in [-0.15, -0.1) is 0 Å². The summed E-state index contributed by atoms with van der Waals surface area (Å²) < 4.78 is 11.3. The van der Waals surface area contributed by atoms with Crippen molar-refractivity contribution in [1.29, 1.82) is 0 Å². The number of guanidine groups is 1. The maximum absolute atomic E-state index is 5.94. The molecule has 0 amide bonds. The molecule has 1 N–H and O–H groups in total. The Morgan fingerprint density at radius 3 is 3.13 bits per heavy atom. The third-order valence-corrected chi connectivity index (χ3v) is 4.82. The van der Waals surface area contributed by atoms with Crippen molar-refractivity contribution < 1.29 is 9.47 Å². The second-order valence-electron chi connectivity index (χ2n) is 6.25. The van der Waals surface area contributed by atoms with Crippen LogP contribution in [0.4, 0.5) is 0 Å². The molecule has 1 aromatic carbocycles. The van der Waals surface area contributed by atoms with E-state index in [-0.39, 0.29) is 0 Å². The average molecular weight is 338 g/mol. The number of nitrogens with zero attached hydrogens (tertiary/aromatic N) is 2. The van der Waals surface area contributed by atoms with Crippen molar-refractivity contribution in [2.45, 2.75) is 12.8 Å². The lowest BCUT2D eigenvalue weighted by Gasteiger charge is -2.24. The minimum Gasteiger partial charge on any atom is -0.492 e. The third kappa shape index (κ3) is 4.09. The largest absolute Gasteiger partial charge is 0.492 e. The van der Waals surface area contributed by atoms with E-state index in [1.54, 1.807) is 0 Å². The van der Waals surface area contributed by atoms with Crippen molar-refractivity contribution in [2.75, 3.05) is 46.5 Å². The number of hydrogen-bond donors (Lipinski definition) is 1. The highest BCUT2D eigenvalue weighted by Crippen LogP contribution is 2.38. The van der Waals surface area contributed by atoms with Crippen LogP contribution in [0.15, 0.2) is 29.3 Å². The first-order valence-electron chi connectivity index (χ1n) is 8.13. The van der Waals surface area contributed by atoms with Crippen molar-refractivity contribution in [1.82, 2.24) is 10.2 Å². The fourth-order valence-corrected chi connectivity index (χ4v) is 3.49. The van der Waals surface area contributed by atoms with Crippen LogP contribution in [0.2, 0.25) is 5.02 Å². The van der Waals surface area contributed by atoms with Crippen LogP contribution >= 0.6 is 11.6 Å². The Balaban J connectivity index is 1.43. The fraction of sp³-hybridized carbons (Fsp3) is 0.588. The molecule has 1 unspecified atom stereocenters. The summed E-state index contributed by atoms with van der Waals surface area (Å²) in [5.41, 5.74) is 0.342. The monoisotopic (exact) mass is 337 g/mol. The molecule has 0 saturated carbocycles. The van der Waals surface area contributed by atoms with Gasteiger partial charge in [0.1, 0.15) is 12.4 Å². The van der Waals surface area contributed by atoms with Gasteiger partial charge in [-0.05, 0) is 31.0 Å². The normalized spacial score (nSPS) is 24.4. The second-order valence-corrected chi connectivity index (χ2v) is 6.69. The van der Waals surface area contributed by atoms with Gasteiger partial charge in [0, 0.05) is 37.2 Å². The lowest BCUT2D eigenvalue weighted by atomic mass is 9.87. The molecular formula is C17H24ClN3O2. The van der Waals surface area contributed by atoms with Gasteiger partial charge in [0.05, 0.1) is 13.2 Å². The van der Waals surface area contributed by atoms with E-state index in [2.05, 4.69) is 15.2 Å². The SMILES string of the molecule is CN=C(NCCOc1cccc(Cl)c1)N1CCC2(CCOC2)C1. The lowest BCUT2D eigenvalue weighted by Crippen LogP contribution is -2.42. The Morgan fingerprint density at radius 2 is 2.39 bits per heavy atom. The minimum absolute atomic E-state index is 0.342. The Labute approximate surface area is 142 Å². The molecule has 0 bridgehead atoms. The zero-order valence-corrected chi connectivity index (χ0v) is 14.3. The summed E-state index contributed by atoms with van der Waals surface area (Å²) in [4.78, 5) is 6.72. The summed E-state index contributed by atoms with van der Waals surface area (Å²) in [5, 5.41) is 4.07. The van der Waals surface area contributed by atoms with Crippen molar-refractivity contribution in [3.63, 3.8) is 0 Å². The topological polar surface area (TPSA) is 46.1 Å². The standard InChI is InChI=1S/C17H24ClN3O2/c1-19-16(21-8-5-17(12-21)6-9-22-13-17)20-7-10-23-15-4-2-3-14(18)11-15/h2-4,11H,5-10,12-13H2,1H3,(H,19,20). The molecule has 3 rings (SSSR count). The maximum Gasteiger partial charge on any atom is 0.193 e. The van der Waals surface area contributed by atoms with E-state index < -0.39 is 0 Å². The summed E-state index contributed by atoms with van der Waals surface area (Å²) >= 11 is 5.94. The number of halogens is 1. The minimum atomic E-state index is 0.342. The molecule has 2 aliphatic heterocycles. The van der Waals surface area contributed by atoms with Gasteiger partial charge in [0.2, 0.25) is 0 Å². The smallest absolute Gasteiger partial charge is 0.193 e. The maximum atomic E-state index is 5.94. The van der Waals surface area contributed by atoms with Crippen molar-refractivity contribution in [2.24, 2.45) is 10.4 Å². The highest BCUT2D eigenvalue weighted by molar-refractivity contribution is 6.30. The number of hydrogen-bond acceptors (Lipinski definition) is 3. The van der Waals surface area contributed by atoms with Gasteiger partial charge < -0.3 is 19.7 Å². The molecule has 2 heterocycles. The van der Waals surface area contributed by atoms with Crippen LogP contribution in [-0.2, 0) is 4.74 Å². The zero-order valence-electron chi connectivity index (χ0n) is 13.6. The van der Waals surface area contributed by atoms with Crippen molar-refractivity contribution in [3.05, 3.63) is 29.3 Å². The van der Waals surface area contributed by atoms with Crippen LogP contribution in [0, 0.1) is 5.41 Å². The van der Waals surface area contributed by atoms with E-state index in [0.29, 0.717) is 23.6 Å². The number of aliphatic imine (C=N–C) groups is 1. The van der Waals surface area contributed by atoms with Gasteiger partial charge in [-0.3, -0.25) is 4.99 Å². The first-order chi connectivity index (χ1) is 11.2. The highest BCUT2D eigenvalue weighted by atomic mass is 35.5. The quantitative estimate of drug-likeness (QED) is 0.520. The second kappa shape index (κ2) is 7.41.